The van der Waals surface area contributed by atoms with Gasteiger partial charge in [-0.05, 0) is 42.3 Å². The van der Waals surface area contributed by atoms with E-state index < -0.39 is 34.0 Å². The standard InChI is InChI=1S/C26H28N2O6S2/c1-18-7-13-22(14-8-18)36(33,34)28-24(17-35-16-20-5-3-2-4-6-20)25(30)27-23(26(31)32)15-19-9-11-21(29)12-10-19/h2-14,23-24,28-29H,15-17H2,1H3,(H,27,30)(H,31,32)/t23-,24-/m1/s1. The molecule has 8 nitrogen and oxygen atoms in total. The number of aliphatic carboxylic acids is 1. The van der Waals surface area contributed by atoms with E-state index in [9.17, 15) is 28.2 Å². The monoisotopic (exact) mass is 528 g/mol. The van der Waals surface area contributed by atoms with Gasteiger partial charge in [-0.15, -0.1) is 0 Å². The van der Waals surface area contributed by atoms with E-state index in [1.54, 1.807) is 24.3 Å². The summed E-state index contributed by atoms with van der Waals surface area (Å²) in [5.74, 6) is -1.31. The van der Waals surface area contributed by atoms with Gasteiger partial charge in [0.15, 0.2) is 0 Å². The van der Waals surface area contributed by atoms with Crippen LogP contribution in [0.1, 0.15) is 16.7 Å². The SMILES string of the molecule is Cc1ccc(S(=O)(=O)N[C@H](CSCc2ccccc2)C(=O)N[C@H](Cc2ccc(O)cc2)C(=O)O)cc1. The molecular weight excluding hydrogens is 500 g/mol. The van der Waals surface area contributed by atoms with E-state index in [0.29, 0.717) is 11.3 Å². The van der Waals surface area contributed by atoms with Crippen molar-refractivity contribution in [2.45, 2.75) is 36.1 Å². The van der Waals surface area contributed by atoms with Crippen LogP contribution in [0.2, 0.25) is 0 Å². The summed E-state index contributed by atoms with van der Waals surface area (Å²) in [5, 5.41) is 21.6. The first-order valence-corrected chi connectivity index (χ1v) is 13.8. The molecule has 0 unspecified atom stereocenters. The minimum Gasteiger partial charge on any atom is -0.508 e. The largest absolute Gasteiger partial charge is 0.508 e. The van der Waals surface area contributed by atoms with Gasteiger partial charge in [0, 0.05) is 17.9 Å². The van der Waals surface area contributed by atoms with Crippen LogP contribution in [0.25, 0.3) is 0 Å². The lowest BCUT2D eigenvalue weighted by atomic mass is 10.1. The zero-order valence-corrected chi connectivity index (χ0v) is 21.3. The molecule has 3 aromatic rings. The van der Waals surface area contributed by atoms with Gasteiger partial charge in [0.1, 0.15) is 17.8 Å². The number of hydrogen-bond donors (Lipinski definition) is 4. The third-order valence-electron chi connectivity index (χ3n) is 5.33. The van der Waals surface area contributed by atoms with Crippen molar-refractivity contribution in [2.24, 2.45) is 0 Å². The number of carboxylic acid groups (broad SMARTS) is 1. The van der Waals surface area contributed by atoms with Crippen molar-refractivity contribution in [1.82, 2.24) is 10.0 Å². The maximum atomic E-state index is 13.2. The third kappa shape index (κ3) is 8.11. The van der Waals surface area contributed by atoms with E-state index in [1.165, 1.54) is 36.0 Å². The number of nitrogens with one attached hydrogen (secondary N) is 2. The smallest absolute Gasteiger partial charge is 0.326 e. The first-order chi connectivity index (χ1) is 17.1. The summed E-state index contributed by atoms with van der Waals surface area (Å²) in [6, 6.07) is 19.2. The van der Waals surface area contributed by atoms with Gasteiger partial charge in [-0.25, -0.2) is 13.2 Å². The minimum absolute atomic E-state index is 0.0119. The van der Waals surface area contributed by atoms with Gasteiger partial charge >= 0.3 is 5.97 Å². The summed E-state index contributed by atoms with van der Waals surface area (Å²) in [6.45, 7) is 1.83. The van der Waals surface area contributed by atoms with Crippen LogP contribution >= 0.6 is 11.8 Å². The van der Waals surface area contributed by atoms with Crippen LogP contribution in [-0.4, -0.2) is 48.3 Å². The molecule has 36 heavy (non-hydrogen) atoms. The van der Waals surface area contributed by atoms with Gasteiger partial charge in [0.25, 0.3) is 0 Å². The van der Waals surface area contributed by atoms with Crippen molar-refractivity contribution in [3.63, 3.8) is 0 Å². The molecule has 0 heterocycles. The molecule has 4 N–H and O–H groups in total. The highest BCUT2D eigenvalue weighted by molar-refractivity contribution is 7.98. The average Bonchev–Trinajstić information content (AvgIpc) is 2.85. The van der Waals surface area contributed by atoms with Crippen LogP contribution in [0.4, 0.5) is 0 Å². The van der Waals surface area contributed by atoms with Crippen molar-refractivity contribution in [1.29, 1.82) is 0 Å². The second kappa shape index (κ2) is 12.6. The molecule has 0 aromatic heterocycles. The summed E-state index contributed by atoms with van der Waals surface area (Å²) in [7, 11) is -4.04. The highest BCUT2D eigenvalue weighted by Gasteiger charge is 2.29. The number of carbonyl (C=O) groups excluding carboxylic acids is 1. The van der Waals surface area contributed by atoms with E-state index in [2.05, 4.69) is 10.0 Å². The summed E-state index contributed by atoms with van der Waals surface area (Å²) < 4.78 is 28.4. The van der Waals surface area contributed by atoms with Crippen LogP contribution in [0, 0.1) is 6.92 Å². The quantitative estimate of drug-likeness (QED) is 0.284. The lowest BCUT2D eigenvalue weighted by Crippen LogP contribution is -2.53. The van der Waals surface area contributed by atoms with E-state index in [0.717, 1.165) is 11.1 Å². The molecule has 0 aliphatic rings. The number of benzene rings is 3. The number of aryl methyl sites for hydroxylation is 1. The predicted octanol–water partition coefficient (Wildman–Crippen LogP) is 3.09. The Morgan fingerprint density at radius 2 is 1.53 bits per heavy atom. The molecule has 0 spiro atoms. The molecule has 1 amide bonds. The van der Waals surface area contributed by atoms with Crippen LogP contribution in [0.3, 0.4) is 0 Å². The van der Waals surface area contributed by atoms with Gasteiger partial charge in [-0.3, -0.25) is 4.79 Å². The normalized spacial score (nSPS) is 13.0. The number of phenols is 1. The molecule has 0 saturated carbocycles. The Kier molecular flexibility index (Phi) is 9.51. The molecule has 190 valence electrons. The molecule has 0 fully saturated rings. The van der Waals surface area contributed by atoms with Crippen LogP contribution in [0.15, 0.2) is 83.8 Å². The molecule has 0 saturated heterocycles. The number of carbonyl (C=O) groups is 2. The molecule has 0 aliphatic heterocycles. The van der Waals surface area contributed by atoms with E-state index >= 15 is 0 Å². The summed E-state index contributed by atoms with van der Waals surface area (Å²) in [5.41, 5.74) is 2.50. The second-order valence-electron chi connectivity index (χ2n) is 8.26. The topological polar surface area (TPSA) is 133 Å². The van der Waals surface area contributed by atoms with E-state index in [4.69, 9.17) is 0 Å². The first-order valence-electron chi connectivity index (χ1n) is 11.2. The predicted molar refractivity (Wildman–Crippen MR) is 139 cm³/mol. The van der Waals surface area contributed by atoms with E-state index in [1.807, 2.05) is 37.3 Å². The Hall–Kier alpha value is -3.34. The molecule has 10 heteroatoms. The number of thioether (sulfide) groups is 1. The fourth-order valence-corrected chi connectivity index (χ4v) is 5.66. The molecule has 0 aliphatic carbocycles. The van der Waals surface area contributed by atoms with Crippen LogP contribution in [0.5, 0.6) is 5.75 Å². The highest BCUT2D eigenvalue weighted by Crippen LogP contribution is 2.17. The van der Waals surface area contributed by atoms with E-state index in [-0.39, 0.29) is 22.8 Å². The van der Waals surface area contributed by atoms with Gasteiger partial charge in [0.05, 0.1) is 4.90 Å². The van der Waals surface area contributed by atoms with Crippen molar-refractivity contribution in [3.8, 4) is 5.75 Å². The Morgan fingerprint density at radius 3 is 2.14 bits per heavy atom. The van der Waals surface area contributed by atoms with Crippen molar-refractivity contribution >= 4 is 33.7 Å². The van der Waals surface area contributed by atoms with Gasteiger partial charge in [-0.1, -0.05) is 60.2 Å². The molecule has 3 rings (SSSR count). The number of rotatable bonds is 12. The number of phenolic OH excluding ortho intramolecular Hbond substituents is 1. The van der Waals surface area contributed by atoms with Gasteiger partial charge in [-0.2, -0.15) is 16.5 Å². The zero-order valence-electron chi connectivity index (χ0n) is 19.6. The van der Waals surface area contributed by atoms with Crippen LogP contribution < -0.4 is 10.0 Å². The zero-order chi connectivity index (χ0) is 26.1. The third-order valence-corrected chi connectivity index (χ3v) is 7.93. The van der Waals surface area contributed by atoms with Crippen LogP contribution in [-0.2, 0) is 31.8 Å². The van der Waals surface area contributed by atoms with Crippen molar-refractivity contribution in [3.05, 3.63) is 95.6 Å². The molecule has 0 bridgehead atoms. The number of hydrogen-bond acceptors (Lipinski definition) is 6. The highest BCUT2D eigenvalue weighted by atomic mass is 32.2. The number of amides is 1. The lowest BCUT2D eigenvalue weighted by molar-refractivity contribution is -0.141. The molecule has 0 radical (unpaired) electrons. The first kappa shape index (κ1) is 27.3. The number of carboxylic acids is 1. The van der Waals surface area contributed by atoms with Crippen molar-refractivity contribution < 1.29 is 28.2 Å². The Labute approximate surface area is 214 Å². The minimum atomic E-state index is -4.04. The molecular formula is C26H28N2O6S2. The fourth-order valence-electron chi connectivity index (χ4n) is 3.34. The summed E-state index contributed by atoms with van der Waals surface area (Å²) in [4.78, 5) is 25.0. The molecule has 2 atom stereocenters. The summed E-state index contributed by atoms with van der Waals surface area (Å²) >= 11 is 1.36. The average molecular weight is 529 g/mol. The van der Waals surface area contributed by atoms with Gasteiger partial charge < -0.3 is 15.5 Å². The Bertz CT molecular complexity index is 1260. The molecule has 3 aromatic carbocycles. The number of aromatic hydroxyl groups is 1. The Morgan fingerprint density at radius 1 is 0.889 bits per heavy atom. The summed E-state index contributed by atoms with van der Waals surface area (Å²) in [6.07, 6.45) is -0.0318. The Balaban J connectivity index is 1.76. The fraction of sp³-hybridized carbons (Fsp3) is 0.231. The van der Waals surface area contributed by atoms with Crippen molar-refractivity contribution in [2.75, 3.05) is 5.75 Å². The number of sulfonamides is 1. The second-order valence-corrected chi connectivity index (χ2v) is 11.0. The van der Waals surface area contributed by atoms with Gasteiger partial charge in [0.2, 0.25) is 15.9 Å². The maximum absolute atomic E-state index is 13.2. The maximum Gasteiger partial charge on any atom is 0.326 e. The lowest BCUT2D eigenvalue weighted by Gasteiger charge is -2.21.